The number of pyridine rings is 3. The number of likely N-dealkylation sites (tertiary alicyclic amines) is 2. The maximum Gasteiger partial charge on any atom is 0.410 e. The van der Waals surface area contributed by atoms with Crippen LogP contribution in [0.2, 0.25) is 0 Å². The van der Waals surface area contributed by atoms with Crippen molar-refractivity contribution in [2.24, 2.45) is 0 Å². The SMILES string of the molecule is Brc1cccc(Br)n1.Brc1cccc(NCCCOC2CCCCO2)n1.C1=COCCC1.CC(C)(C)OC(=O)N1CCCC1COc1cccc(Br)n1.CC(C)(C)OC(=O)N1CCC[C@@H]1CO. The van der Waals surface area contributed by atoms with E-state index in [9.17, 15) is 9.59 Å². The largest absolute Gasteiger partial charge is 0.502 e. The fraction of sp³-hybridized carbons (Fsp3) is 0.604. The van der Waals surface area contributed by atoms with Gasteiger partial charge in [-0.25, -0.2) is 24.5 Å². The number of anilines is 1. The highest BCUT2D eigenvalue weighted by molar-refractivity contribution is 9.11. The summed E-state index contributed by atoms with van der Waals surface area (Å²) in [6.07, 6.45) is 13.7. The van der Waals surface area contributed by atoms with Crippen LogP contribution >= 0.6 is 63.7 Å². The van der Waals surface area contributed by atoms with E-state index >= 15 is 0 Å². The molecule has 2 N–H and O–H groups in total. The van der Waals surface area contributed by atoms with Crippen molar-refractivity contribution in [1.29, 1.82) is 0 Å². The molecule has 4 aliphatic heterocycles. The number of aromatic nitrogens is 3. The van der Waals surface area contributed by atoms with Gasteiger partial charge in [0.25, 0.3) is 0 Å². The fourth-order valence-electron chi connectivity index (χ4n) is 6.53. The molecule has 3 saturated heterocycles. The average molecular weight is 1190 g/mol. The number of hydrogen-bond acceptors (Lipinski definition) is 13. The molecule has 67 heavy (non-hydrogen) atoms. The molecule has 374 valence electrons. The number of carbonyl (C=O) groups excluding carboxylic acids is 2. The number of nitrogens with zero attached hydrogens (tertiary/aromatic N) is 5. The topological polar surface area (TPSA) is 167 Å². The number of aliphatic hydroxyl groups is 1. The van der Waals surface area contributed by atoms with Gasteiger partial charge in [0.2, 0.25) is 5.88 Å². The first-order chi connectivity index (χ1) is 31.9. The minimum absolute atomic E-state index is 0.0164. The monoisotopic (exact) mass is 1190 g/mol. The Bertz CT molecular complexity index is 1870. The molecule has 19 heteroatoms. The molecule has 2 amide bonds. The molecule has 0 spiro atoms. The predicted octanol–water partition coefficient (Wildman–Crippen LogP) is 12.1. The van der Waals surface area contributed by atoms with E-state index < -0.39 is 11.2 Å². The van der Waals surface area contributed by atoms with Gasteiger partial charge in [0.05, 0.1) is 38.2 Å². The summed E-state index contributed by atoms with van der Waals surface area (Å²) in [5, 5.41) is 12.3. The summed E-state index contributed by atoms with van der Waals surface area (Å²) in [4.78, 5) is 39.7. The summed E-state index contributed by atoms with van der Waals surface area (Å²) in [6.45, 7) is 16.4. The smallest absolute Gasteiger partial charge is 0.410 e. The molecule has 4 aliphatic rings. The van der Waals surface area contributed by atoms with E-state index in [-0.39, 0.29) is 37.2 Å². The van der Waals surface area contributed by atoms with Gasteiger partial charge < -0.3 is 48.6 Å². The Morgan fingerprint density at radius 1 is 0.731 bits per heavy atom. The fourth-order valence-corrected chi connectivity index (χ4v) is 8.13. The number of allylic oxidation sites excluding steroid dienone is 1. The first-order valence-electron chi connectivity index (χ1n) is 22.9. The van der Waals surface area contributed by atoms with Gasteiger partial charge in [-0.15, -0.1) is 0 Å². The number of carbonyl (C=O) groups is 2. The molecule has 15 nitrogen and oxygen atoms in total. The van der Waals surface area contributed by atoms with E-state index in [1.165, 1.54) is 19.3 Å². The third-order valence-electron chi connectivity index (χ3n) is 9.62. The molecule has 2 unspecified atom stereocenters. The highest BCUT2D eigenvalue weighted by Gasteiger charge is 2.33. The summed E-state index contributed by atoms with van der Waals surface area (Å²) in [5.41, 5.74) is -0.934. The van der Waals surface area contributed by atoms with Crippen LogP contribution in [0.3, 0.4) is 0 Å². The third kappa shape index (κ3) is 26.5. The molecule has 3 aromatic heterocycles. The molecule has 3 aromatic rings. The summed E-state index contributed by atoms with van der Waals surface area (Å²) >= 11 is 13.1. The van der Waals surface area contributed by atoms with Crippen molar-refractivity contribution in [2.45, 2.75) is 135 Å². The molecular weight excluding hydrogens is 1120 g/mol. The van der Waals surface area contributed by atoms with Crippen LogP contribution in [0.15, 0.2) is 85.3 Å². The third-order valence-corrected chi connectivity index (χ3v) is 11.4. The minimum Gasteiger partial charge on any atom is -0.502 e. The van der Waals surface area contributed by atoms with Gasteiger partial charge in [0, 0.05) is 32.3 Å². The highest BCUT2D eigenvalue weighted by Crippen LogP contribution is 2.23. The van der Waals surface area contributed by atoms with Crippen molar-refractivity contribution in [2.75, 3.05) is 58.0 Å². The van der Waals surface area contributed by atoms with Crippen LogP contribution in [0.5, 0.6) is 5.88 Å². The second-order valence-electron chi connectivity index (χ2n) is 17.7. The molecule has 3 fully saturated rings. The molecular formula is C48H70Br4N6O9. The van der Waals surface area contributed by atoms with Crippen molar-refractivity contribution in [3.63, 3.8) is 0 Å². The van der Waals surface area contributed by atoms with E-state index in [4.69, 9.17) is 33.5 Å². The number of halogens is 4. The van der Waals surface area contributed by atoms with Crippen molar-refractivity contribution in [3.8, 4) is 5.88 Å². The Kier molecular flexibility index (Phi) is 27.8. The number of hydrogen-bond donors (Lipinski definition) is 2. The zero-order valence-electron chi connectivity index (χ0n) is 39.8. The number of amides is 2. The molecule has 7 heterocycles. The van der Waals surface area contributed by atoms with Gasteiger partial charge >= 0.3 is 12.2 Å². The van der Waals surface area contributed by atoms with Crippen LogP contribution in [0.1, 0.15) is 106 Å². The van der Waals surface area contributed by atoms with Gasteiger partial charge in [-0.2, -0.15) is 0 Å². The predicted molar refractivity (Wildman–Crippen MR) is 275 cm³/mol. The van der Waals surface area contributed by atoms with E-state index in [2.05, 4.69) is 84.0 Å². The quantitative estimate of drug-likeness (QED) is 0.146. The molecule has 0 radical (unpaired) electrons. The number of nitrogens with one attached hydrogen (secondary N) is 1. The average Bonchev–Trinajstić information content (AvgIpc) is 3.97. The van der Waals surface area contributed by atoms with Gasteiger partial charge in [0.1, 0.15) is 42.0 Å². The van der Waals surface area contributed by atoms with Crippen LogP contribution in [-0.4, -0.2) is 124 Å². The van der Waals surface area contributed by atoms with Crippen molar-refractivity contribution >= 4 is 81.7 Å². The van der Waals surface area contributed by atoms with Crippen molar-refractivity contribution in [3.05, 3.63) is 85.3 Å². The van der Waals surface area contributed by atoms with Gasteiger partial charge in [-0.05, 0) is 206 Å². The van der Waals surface area contributed by atoms with Gasteiger partial charge in [-0.3, -0.25) is 0 Å². The van der Waals surface area contributed by atoms with Crippen molar-refractivity contribution in [1.82, 2.24) is 24.8 Å². The standard InChI is InChI=1S/C15H21BrN2O3.C13H19BrN2O2.C10H19NO3.C5H3Br2N.C5H8O/c1-15(2,3)21-14(19)18-9-5-6-11(18)10-20-13-8-4-7-12(16)17-13;14-11-5-3-6-12(16-11)15-8-4-10-18-13-7-1-2-9-17-13;1-10(2,3)14-9(13)11-6-4-5-8(11)7-12;6-4-2-1-3-5(7)8-4;1-2-4-6-5-3-1/h4,7-8,11H,5-6,9-10H2,1-3H3;3,5-6,13H,1-2,4,7-10H2,(H,15,16);8,12H,4-7H2,1-3H3;1-3H;2,4H,1,3,5H2/t;;8-;;/m..1../s1. The zero-order valence-corrected chi connectivity index (χ0v) is 46.1. The molecule has 0 aliphatic carbocycles. The number of ether oxygens (including phenoxy) is 6. The lowest BCUT2D eigenvalue weighted by Crippen LogP contribution is -2.42. The number of rotatable bonds is 10. The number of aliphatic hydroxyl groups excluding tert-OH is 1. The molecule has 0 aromatic carbocycles. The minimum atomic E-state index is -0.475. The van der Waals surface area contributed by atoms with Gasteiger partial charge in [0.15, 0.2) is 6.29 Å². The Labute approximate surface area is 431 Å². The maximum absolute atomic E-state index is 12.2. The first kappa shape index (κ1) is 58.2. The van der Waals surface area contributed by atoms with E-state index in [1.54, 1.807) is 22.1 Å². The van der Waals surface area contributed by atoms with Gasteiger partial charge in [-0.1, -0.05) is 18.2 Å². The lowest BCUT2D eigenvalue weighted by Gasteiger charge is -2.28. The van der Waals surface area contributed by atoms with Crippen LogP contribution < -0.4 is 10.1 Å². The van der Waals surface area contributed by atoms with Crippen LogP contribution in [0.4, 0.5) is 15.4 Å². The molecule has 0 bridgehead atoms. The second kappa shape index (κ2) is 31.9. The maximum atomic E-state index is 12.2. The Hall–Kier alpha value is -3.07. The van der Waals surface area contributed by atoms with Crippen LogP contribution in [-0.2, 0) is 23.7 Å². The lowest BCUT2D eigenvalue weighted by molar-refractivity contribution is -0.162. The summed E-state index contributed by atoms with van der Waals surface area (Å²) in [5.74, 6) is 1.44. The molecule has 0 saturated carbocycles. The highest BCUT2D eigenvalue weighted by atomic mass is 79.9. The van der Waals surface area contributed by atoms with E-state index in [1.807, 2.05) is 96.1 Å². The summed E-state index contributed by atoms with van der Waals surface area (Å²) in [7, 11) is 0. The van der Waals surface area contributed by atoms with E-state index in [0.717, 1.165) is 102 Å². The first-order valence-corrected chi connectivity index (χ1v) is 26.1. The molecule has 7 rings (SSSR count). The molecule has 3 atom stereocenters. The van der Waals surface area contributed by atoms with Crippen LogP contribution in [0, 0.1) is 0 Å². The lowest BCUT2D eigenvalue weighted by atomic mass is 10.2. The van der Waals surface area contributed by atoms with Crippen molar-refractivity contribution < 1.29 is 43.1 Å². The zero-order chi connectivity index (χ0) is 49.1. The van der Waals surface area contributed by atoms with Crippen LogP contribution in [0.25, 0.3) is 0 Å². The van der Waals surface area contributed by atoms with E-state index in [0.29, 0.717) is 19.0 Å². The summed E-state index contributed by atoms with van der Waals surface area (Å²) in [6, 6.07) is 17.0. The normalized spacial score (nSPS) is 18.8. The Balaban J connectivity index is 0.000000235. The summed E-state index contributed by atoms with van der Waals surface area (Å²) < 4.78 is 35.7. The Morgan fingerprint density at radius 3 is 1.79 bits per heavy atom. The Morgan fingerprint density at radius 2 is 1.31 bits per heavy atom. The second-order valence-corrected chi connectivity index (χ2v) is 20.9.